The summed E-state index contributed by atoms with van der Waals surface area (Å²) in [5.41, 5.74) is 2.15. The lowest BCUT2D eigenvalue weighted by Gasteiger charge is -2.16. The molecule has 0 atom stereocenters. The van der Waals surface area contributed by atoms with Gasteiger partial charge in [-0.1, -0.05) is 22.5 Å². The molecule has 0 bridgehead atoms. The van der Waals surface area contributed by atoms with Crippen molar-refractivity contribution in [1.29, 1.82) is 0 Å². The number of allylic oxidation sites excluding steroid dienone is 1. The first-order valence-corrected chi connectivity index (χ1v) is 5.15. The molecule has 0 radical (unpaired) electrons. The molecule has 0 aliphatic heterocycles. The highest BCUT2D eigenvalue weighted by atomic mass is 79.9. The first-order chi connectivity index (χ1) is 6.16. The van der Waals surface area contributed by atoms with E-state index in [1.54, 1.807) is 6.20 Å². The molecule has 0 aromatic carbocycles. The van der Waals surface area contributed by atoms with Crippen LogP contribution in [0, 0.1) is 0 Å². The molecule has 0 spiro atoms. The summed E-state index contributed by atoms with van der Waals surface area (Å²) in [5, 5.41) is 0.777. The fourth-order valence-corrected chi connectivity index (χ4v) is 1.40. The number of hydrogen-bond donors (Lipinski definition) is 0. The van der Waals surface area contributed by atoms with Crippen LogP contribution in [0.3, 0.4) is 0 Å². The minimum absolute atomic E-state index is 0.777. The van der Waals surface area contributed by atoms with E-state index in [-0.39, 0.29) is 0 Å². The van der Waals surface area contributed by atoms with E-state index >= 15 is 0 Å². The van der Waals surface area contributed by atoms with Crippen LogP contribution in [0.4, 0.5) is 5.82 Å². The maximum atomic E-state index is 4.29. The van der Waals surface area contributed by atoms with Gasteiger partial charge in [0.25, 0.3) is 0 Å². The Hall–Kier alpha value is -0.830. The van der Waals surface area contributed by atoms with Crippen molar-refractivity contribution in [2.24, 2.45) is 0 Å². The zero-order valence-corrected chi connectivity index (χ0v) is 9.50. The number of halogens is 1. The highest BCUT2D eigenvalue weighted by Gasteiger charge is 2.06. The van der Waals surface area contributed by atoms with E-state index in [2.05, 4.69) is 27.5 Å². The van der Waals surface area contributed by atoms with Crippen molar-refractivity contribution in [3.05, 3.63) is 30.5 Å². The molecule has 0 unspecified atom stereocenters. The number of alkyl halides is 1. The molecule has 2 nitrogen and oxygen atoms in total. The van der Waals surface area contributed by atoms with Crippen LogP contribution in [0.15, 0.2) is 24.9 Å². The Morgan fingerprint density at radius 2 is 2.31 bits per heavy atom. The molecule has 3 heteroatoms. The molecule has 13 heavy (non-hydrogen) atoms. The quantitative estimate of drug-likeness (QED) is 0.756. The highest BCUT2D eigenvalue weighted by Crippen LogP contribution is 2.23. The normalized spacial score (nSPS) is 9.77. The Morgan fingerprint density at radius 3 is 2.85 bits per heavy atom. The molecule has 0 fully saturated rings. The number of aromatic nitrogens is 1. The van der Waals surface area contributed by atoms with Gasteiger partial charge in [-0.25, -0.2) is 4.98 Å². The largest absolute Gasteiger partial charge is 0.362 e. The maximum absolute atomic E-state index is 4.29. The second-order valence-electron chi connectivity index (χ2n) is 3.01. The van der Waals surface area contributed by atoms with Gasteiger partial charge in [0.1, 0.15) is 5.82 Å². The van der Waals surface area contributed by atoms with Gasteiger partial charge in [0, 0.05) is 31.2 Å². The average Bonchev–Trinajstić information content (AvgIpc) is 2.16. The molecule has 1 rings (SSSR count). The van der Waals surface area contributed by atoms with Gasteiger partial charge in [0.15, 0.2) is 0 Å². The molecule has 1 aromatic rings. The third-order valence-corrected chi connectivity index (χ3v) is 2.43. The molecule has 1 aromatic heterocycles. The van der Waals surface area contributed by atoms with Gasteiger partial charge in [-0.15, -0.1) is 0 Å². The number of hydrogen-bond acceptors (Lipinski definition) is 2. The second-order valence-corrected chi connectivity index (χ2v) is 3.57. The monoisotopic (exact) mass is 240 g/mol. The average molecular weight is 241 g/mol. The van der Waals surface area contributed by atoms with Crippen molar-refractivity contribution in [3.63, 3.8) is 0 Å². The smallest absolute Gasteiger partial charge is 0.135 e. The fourth-order valence-electron chi connectivity index (χ4n) is 1.10. The van der Waals surface area contributed by atoms with Crippen LogP contribution in [-0.2, 0) is 0 Å². The Kier molecular flexibility index (Phi) is 3.48. The molecule has 0 aliphatic carbocycles. The Balaban J connectivity index is 3.12. The van der Waals surface area contributed by atoms with Crippen LogP contribution >= 0.6 is 15.9 Å². The van der Waals surface area contributed by atoms with E-state index in [1.165, 1.54) is 0 Å². The van der Waals surface area contributed by atoms with Gasteiger partial charge in [-0.3, -0.25) is 0 Å². The lowest BCUT2D eigenvalue weighted by atomic mass is 10.1. The summed E-state index contributed by atoms with van der Waals surface area (Å²) in [4.78, 5) is 6.28. The molecular formula is C10H13BrN2. The third-order valence-electron chi connectivity index (χ3n) is 1.75. The summed E-state index contributed by atoms with van der Waals surface area (Å²) in [6.45, 7) is 3.97. The third kappa shape index (κ3) is 2.31. The van der Waals surface area contributed by atoms with Gasteiger partial charge < -0.3 is 4.90 Å². The van der Waals surface area contributed by atoms with E-state index in [4.69, 9.17) is 0 Å². The van der Waals surface area contributed by atoms with Crippen molar-refractivity contribution in [2.45, 2.75) is 0 Å². The molecule has 0 N–H and O–H groups in total. The molecule has 0 saturated carbocycles. The summed E-state index contributed by atoms with van der Waals surface area (Å²) in [6.07, 6.45) is 1.79. The van der Waals surface area contributed by atoms with Gasteiger partial charge in [-0.2, -0.15) is 0 Å². The van der Waals surface area contributed by atoms with Crippen molar-refractivity contribution >= 4 is 27.3 Å². The molecule has 70 valence electrons. The minimum atomic E-state index is 0.777. The molecule has 1 heterocycles. The summed E-state index contributed by atoms with van der Waals surface area (Å²) in [5.74, 6) is 0.965. The predicted octanol–water partition coefficient (Wildman–Crippen LogP) is 2.56. The van der Waals surface area contributed by atoms with E-state index < -0.39 is 0 Å². The standard InChI is InChI=1S/C10H13BrN2/c1-8(7-11)9-5-4-6-12-10(9)13(2)3/h4-6H,1,7H2,2-3H3. The van der Waals surface area contributed by atoms with Gasteiger partial charge in [-0.05, 0) is 17.7 Å². The van der Waals surface area contributed by atoms with Crippen molar-refractivity contribution in [1.82, 2.24) is 4.98 Å². The van der Waals surface area contributed by atoms with Crippen molar-refractivity contribution < 1.29 is 0 Å². The lowest BCUT2D eigenvalue weighted by Crippen LogP contribution is -2.12. The summed E-state index contributed by atoms with van der Waals surface area (Å²) in [6, 6.07) is 3.96. The van der Waals surface area contributed by atoms with Crippen LogP contribution < -0.4 is 4.90 Å². The molecule has 0 saturated heterocycles. The predicted molar refractivity (Wildman–Crippen MR) is 61.4 cm³/mol. The van der Waals surface area contributed by atoms with Gasteiger partial charge in [0.2, 0.25) is 0 Å². The number of pyridine rings is 1. The molecule has 0 aliphatic rings. The Bertz CT molecular complexity index is 308. The van der Waals surface area contributed by atoms with Crippen LogP contribution in [0.2, 0.25) is 0 Å². The molecular weight excluding hydrogens is 228 g/mol. The second kappa shape index (κ2) is 4.42. The van der Waals surface area contributed by atoms with Crippen LogP contribution in [-0.4, -0.2) is 24.4 Å². The topological polar surface area (TPSA) is 16.1 Å². The number of rotatable bonds is 3. The summed E-state index contributed by atoms with van der Waals surface area (Å²) >= 11 is 3.39. The zero-order valence-electron chi connectivity index (χ0n) is 7.92. The SMILES string of the molecule is C=C(CBr)c1cccnc1N(C)C. The summed E-state index contributed by atoms with van der Waals surface area (Å²) in [7, 11) is 3.96. The zero-order chi connectivity index (χ0) is 9.84. The number of anilines is 1. The first-order valence-electron chi connectivity index (χ1n) is 4.03. The molecule has 0 amide bonds. The van der Waals surface area contributed by atoms with Crippen molar-refractivity contribution in [3.8, 4) is 0 Å². The maximum Gasteiger partial charge on any atom is 0.135 e. The van der Waals surface area contributed by atoms with E-state index in [9.17, 15) is 0 Å². The Labute approximate surface area is 87.4 Å². The summed E-state index contributed by atoms with van der Waals surface area (Å²) < 4.78 is 0. The van der Waals surface area contributed by atoms with Crippen molar-refractivity contribution in [2.75, 3.05) is 24.3 Å². The van der Waals surface area contributed by atoms with Crippen LogP contribution in [0.5, 0.6) is 0 Å². The van der Waals surface area contributed by atoms with E-state index in [0.717, 1.165) is 22.3 Å². The van der Waals surface area contributed by atoms with Crippen LogP contribution in [0.1, 0.15) is 5.56 Å². The highest BCUT2D eigenvalue weighted by molar-refractivity contribution is 9.09. The fraction of sp³-hybridized carbons (Fsp3) is 0.300. The van der Waals surface area contributed by atoms with E-state index in [1.807, 2.05) is 31.1 Å². The number of nitrogens with zero attached hydrogens (tertiary/aromatic N) is 2. The van der Waals surface area contributed by atoms with E-state index in [0.29, 0.717) is 0 Å². The first kappa shape index (κ1) is 10.3. The lowest BCUT2D eigenvalue weighted by molar-refractivity contribution is 1.06. The minimum Gasteiger partial charge on any atom is -0.362 e. The van der Waals surface area contributed by atoms with Gasteiger partial charge >= 0.3 is 0 Å². The Morgan fingerprint density at radius 1 is 1.62 bits per heavy atom. The van der Waals surface area contributed by atoms with Gasteiger partial charge in [0.05, 0.1) is 0 Å². The van der Waals surface area contributed by atoms with Crippen LogP contribution in [0.25, 0.3) is 5.57 Å².